The lowest BCUT2D eigenvalue weighted by Crippen LogP contribution is -2.65. The zero-order valence-corrected chi connectivity index (χ0v) is 24.3. The molecule has 0 aromatic heterocycles. The molecule has 0 amide bonds. The van der Waals surface area contributed by atoms with Gasteiger partial charge in [0.2, 0.25) is 0 Å². The molecule has 0 N–H and O–H groups in total. The van der Waals surface area contributed by atoms with E-state index in [0.29, 0.717) is 16.6 Å². The van der Waals surface area contributed by atoms with Gasteiger partial charge in [-0.25, -0.2) is 0 Å². The second-order valence-electron chi connectivity index (χ2n) is 10.9. The van der Waals surface area contributed by atoms with Crippen molar-refractivity contribution >= 4 is 42.0 Å². The molecule has 1 saturated heterocycles. The molecule has 2 unspecified atom stereocenters. The Labute approximate surface area is 231 Å². The maximum absolute atomic E-state index is 13.4. The number of halogens is 1. The quantitative estimate of drug-likeness (QED) is 0.219. The van der Waals surface area contributed by atoms with Crippen LogP contribution in [-0.4, -0.2) is 40.3 Å². The van der Waals surface area contributed by atoms with Crippen LogP contribution in [0.2, 0.25) is 16.1 Å². The summed E-state index contributed by atoms with van der Waals surface area (Å²) in [7, 11) is 0.0295. The molecule has 1 fully saturated rings. The van der Waals surface area contributed by atoms with Crippen LogP contribution in [-0.2, 0) is 23.8 Å². The first kappa shape index (κ1) is 28.1. The molecule has 0 spiro atoms. The van der Waals surface area contributed by atoms with E-state index in [-0.39, 0.29) is 11.5 Å². The number of rotatable bonds is 7. The highest BCUT2D eigenvalue weighted by molar-refractivity contribution is 7.04. The average Bonchev–Trinajstić information content (AvgIpc) is 3.31. The summed E-state index contributed by atoms with van der Waals surface area (Å²) in [4.78, 5) is 26.8. The van der Waals surface area contributed by atoms with Crippen molar-refractivity contribution in [1.29, 1.82) is 0 Å². The van der Waals surface area contributed by atoms with Crippen LogP contribution in [0.25, 0.3) is 0 Å². The molecule has 1 aliphatic heterocycles. The third-order valence-electron chi connectivity index (χ3n) is 7.95. The fraction of sp³-hybridized carbons (Fsp3) is 0.355. The van der Waals surface area contributed by atoms with Crippen molar-refractivity contribution in [3.63, 3.8) is 0 Å². The fourth-order valence-corrected chi connectivity index (χ4v) is 11.9. The van der Waals surface area contributed by atoms with Gasteiger partial charge in [0, 0.05) is 11.4 Å². The standard InChI is InChI=1S/C31H35ClO5Si/c1-30(2,3)38(25-12-8-6-9-13-25,26-14-10-7-11-15-26)21-24-20-31(28(33)35-4,29(34)36-5)27(37-24)22-16-18-23(32)19-17-22/h6-19,24,27H,20-21H2,1-5H3. The third kappa shape index (κ3) is 4.81. The maximum Gasteiger partial charge on any atom is 0.326 e. The van der Waals surface area contributed by atoms with E-state index in [9.17, 15) is 9.59 Å². The molecule has 0 radical (unpaired) electrons. The van der Waals surface area contributed by atoms with Crippen molar-refractivity contribution in [3.8, 4) is 0 Å². The van der Waals surface area contributed by atoms with Crippen LogP contribution >= 0.6 is 11.6 Å². The van der Waals surface area contributed by atoms with Crippen LogP contribution in [0.5, 0.6) is 0 Å². The molecule has 3 aromatic rings. The van der Waals surface area contributed by atoms with Crippen LogP contribution in [0.1, 0.15) is 38.9 Å². The lowest BCUT2D eigenvalue weighted by atomic mass is 9.77. The largest absolute Gasteiger partial charge is 0.468 e. The molecule has 200 valence electrons. The molecule has 1 aliphatic rings. The van der Waals surface area contributed by atoms with Gasteiger partial charge in [-0.3, -0.25) is 9.59 Å². The lowest BCUT2D eigenvalue weighted by Gasteiger charge is -2.45. The highest BCUT2D eigenvalue weighted by Crippen LogP contribution is 2.53. The number of hydrogen-bond donors (Lipinski definition) is 0. The molecule has 5 nitrogen and oxygen atoms in total. The molecule has 7 heteroatoms. The van der Waals surface area contributed by atoms with Gasteiger partial charge in [0.1, 0.15) is 14.2 Å². The monoisotopic (exact) mass is 550 g/mol. The smallest absolute Gasteiger partial charge is 0.326 e. The molecular weight excluding hydrogens is 516 g/mol. The minimum atomic E-state index is -2.56. The summed E-state index contributed by atoms with van der Waals surface area (Å²) in [5.74, 6) is -1.32. The van der Waals surface area contributed by atoms with Gasteiger partial charge >= 0.3 is 11.9 Å². The van der Waals surface area contributed by atoms with E-state index in [1.54, 1.807) is 24.3 Å². The third-order valence-corrected chi connectivity index (χ3v) is 14.5. The molecule has 0 aliphatic carbocycles. The molecule has 0 saturated carbocycles. The number of methoxy groups -OCH3 is 2. The SMILES string of the molecule is COC(=O)C1(C(=O)OC)CC(C[Si](c2ccccc2)(c2ccccc2)C(C)(C)C)OC1c1ccc(Cl)cc1. The minimum Gasteiger partial charge on any atom is -0.468 e. The Morgan fingerprint density at radius 1 is 0.868 bits per heavy atom. The van der Waals surface area contributed by atoms with Gasteiger partial charge in [-0.1, -0.05) is 116 Å². The number of carbonyl (C=O) groups excluding carboxylic acids is 2. The summed E-state index contributed by atoms with van der Waals surface area (Å²) in [6.45, 7) is 6.83. The zero-order valence-electron chi connectivity index (χ0n) is 22.6. The first-order valence-electron chi connectivity index (χ1n) is 12.8. The van der Waals surface area contributed by atoms with Gasteiger partial charge in [-0.05, 0) is 28.8 Å². The number of esters is 2. The zero-order chi connectivity index (χ0) is 27.6. The van der Waals surface area contributed by atoms with Crippen LogP contribution in [0.15, 0.2) is 84.9 Å². The summed E-state index contributed by atoms with van der Waals surface area (Å²) in [5.41, 5.74) is -0.955. The maximum atomic E-state index is 13.4. The van der Waals surface area contributed by atoms with E-state index >= 15 is 0 Å². The van der Waals surface area contributed by atoms with Crippen molar-refractivity contribution in [3.05, 3.63) is 95.5 Å². The summed E-state index contributed by atoms with van der Waals surface area (Å²) in [5, 5.41) is 2.99. The Morgan fingerprint density at radius 2 is 1.34 bits per heavy atom. The predicted molar refractivity (Wildman–Crippen MR) is 153 cm³/mol. The van der Waals surface area contributed by atoms with Crippen molar-refractivity contribution in [2.75, 3.05) is 14.2 Å². The van der Waals surface area contributed by atoms with Gasteiger partial charge in [-0.2, -0.15) is 0 Å². The van der Waals surface area contributed by atoms with Gasteiger partial charge in [0.15, 0.2) is 5.41 Å². The molecular formula is C31H35ClO5Si. The Kier molecular flexibility index (Phi) is 8.16. The molecule has 1 heterocycles. The average molecular weight is 551 g/mol. The van der Waals surface area contributed by atoms with Crippen molar-refractivity contribution < 1.29 is 23.8 Å². The van der Waals surface area contributed by atoms with Crippen molar-refractivity contribution in [1.82, 2.24) is 0 Å². The number of benzene rings is 3. The van der Waals surface area contributed by atoms with Crippen molar-refractivity contribution in [2.24, 2.45) is 5.41 Å². The van der Waals surface area contributed by atoms with Gasteiger partial charge in [0.05, 0.1) is 20.3 Å². The van der Waals surface area contributed by atoms with Crippen molar-refractivity contribution in [2.45, 2.75) is 50.5 Å². The number of hydrogen-bond acceptors (Lipinski definition) is 5. The first-order chi connectivity index (χ1) is 18.1. The minimum absolute atomic E-state index is 0.114. The fourth-order valence-electron chi connectivity index (χ4n) is 6.13. The number of ether oxygens (including phenoxy) is 3. The number of carbonyl (C=O) groups is 2. The van der Waals surface area contributed by atoms with Crippen LogP contribution in [0.3, 0.4) is 0 Å². The van der Waals surface area contributed by atoms with Crippen LogP contribution < -0.4 is 10.4 Å². The Hall–Kier alpha value is -2.93. The lowest BCUT2D eigenvalue weighted by molar-refractivity contribution is -0.173. The van der Waals surface area contributed by atoms with E-state index in [2.05, 4.69) is 69.3 Å². The second kappa shape index (κ2) is 11.0. The van der Waals surface area contributed by atoms with E-state index in [1.165, 1.54) is 24.6 Å². The normalized spacial score (nSPS) is 19.1. The molecule has 0 bridgehead atoms. The molecule has 3 aromatic carbocycles. The van der Waals surface area contributed by atoms with E-state index in [4.69, 9.17) is 25.8 Å². The summed E-state index contributed by atoms with van der Waals surface area (Å²) >= 11 is 6.15. The highest BCUT2D eigenvalue weighted by atomic mass is 35.5. The van der Waals surface area contributed by atoms with Gasteiger partial charge < -0.3 is 14.2 Å². The van der Waals surface area contributed by atoms with Gasteiger partial charge in [0.25, 0.3) is 0 Å². The topological polar surface area (TPSA) is 61.8 Å². The summed E-state index contributed by atoms with van der Waals surface area (Å²) in [6.07, 6.45) is -1.12. The summed E-state index contributed by atoms with van der Waals surface area (Å²) < 4.78 is 17.2. The Morgan fingerprint density at radius 3 is 1.76 bits per heavy atom. The van der Waals surface area contributed by atoms with E-state index < -0.39 is 37.6 Å². The predicted octanol–water partition coefficient (Wildman–Crippen LogP) is 5.57. The van der Waals surface area contributed by atoms with E-state index in [1.807, 2.05) is 12.1 Å². The summed E-state index contributed by atoms with van der Waals surface area (Å²) in [6, 6.07) is 28.9. The van der Waals surface area contributed by atoms with Gasteiger partial charge in [-0.15, -0.1) is 0 Å². The molecule has 2 atom stereocenters. The Balaban J connectivity index is 1.89. The van der Waals surface area contributed by atoms with E-state index in [0.717, 1.165) is 0 Å². The molecule has 38 heavy (non-hydrogen) atoms. The molecule has 4 rings (SSSR count). The van der Waals surface area contributed by atoms with Crippen LogP contribution in [0, 0.1) is 5.41 Å². The first-order valence-corrected chi connectivity index (χ1v) is 15.4. The Bertz CT molecular complexity index is 1200. The highest BCUT2D eigenvalue weighted by Gasteiger charge is 2.63. The second-order valence-corrected chi connectivity index (χ2v) is 16.2. The van der Waals surface area contributed by atoms with Crippen LogP contribution in [0.4, 0.5) is 0 Å².